The van der Waals surface area contributed by atoms with Crippen LogP contribution in [0, 0.1) is 12.8 Å². The van der Waals surface area contributed by atoms with E-state index in [0.717, 1.165) is 12.8 Å². The minimum atomic E-state index is -3.56. The summed E-state index contributed by atoms with van der Waals surface area (Å²) in [4.78, 5) is 26.9. The van der Waals surface area contributed by atoms with Gasteiger partial charge >= 0.3 is 0 Å². The van der Waals surface area contributed by atoms with Crippen molar-refractivity contribution in [3.8, 4) is 0 Å². The van der Waals surface area contributed by atoms with Crippen LogP contribution in [0.4, 0.5) is 5.69 Å². The highest BCUT2D eigenvalue weighted by atomic mass is 32.2. The Kier molecular flexibility index (Phi) is 5.55. The maximum absolute atomic E-state index is 12.9. The molecule has 2 amide bonds. The number of aryl methyl sites for hydroxylation is 1. The third-order valence-electron chi connectivity index (χ3n) is 5.44. The Bertz CT molecular complexity index is 883. The van der Waals surface area contributed by atoms with Crippen LogP contribution in [0.1, 0.15) is 45.6 Å². The molecule has 0 aliphatic carbocycles. The third-order valence-corrected chi connectivity index (χ3v) is 7.48. The molecule has 2 saturated heterocycles. The first-order valence-electron chi connectivity index (χ1n) is 9.72. The van der Waals surface area contributed by atoms with E-state index < -0.39 is 15.9 Å². The molecule has 154 valence electrons. The summed E-state index contributed by atoms with van der Waals surface area (Å²) < 4.78 is 27.3. The average Bonchev–Trinajstić information content (AvgIpc) is 3.25. The zero-order chi connectivity index (χ0) is 20.7. The quantitative estimate of drug-likeness (QED) is 0.830. The number of benzene rings is 1. The van der Waals surface area contributed by atoms with Crippen molar-refractivity contribution in [3.05, 3.63) is 23.8 Å². The SMILES string of the molecule is Cc1ccc(NC(=O)[C@@H]2CC(=O)N(C(C)(C)C)C2)cc1S(=O)(=O)N1CCCC1. The standard InChI is InChI=1S/C20H29N3O4S/c1-14-7-8-16(12-17(14)28(26,27)22-9-5-6-10-22)21-19(25)15-11-18(24)23(13-15)20(2,3)4/h7-8,12,15H,5-6,9-11,13H2,1-4H3,(H,21,25)/t15-/m1/s1. The van der Waals surface area contributed by atoms with E-state index >= 15 is 0 Å². The molecule has 7 nitrogen and oxygen atoms in total. The van der Waals surface area contributed by atoms with Gasteiger partial charge in [0.05, 0.1) is 10.8 Å². The summed E-state index contributed by atoms with van der Waals surface area (Å²) in [6.07, 6.45) is 1.91. The lowest BCUT2D eigenvalue weighted by molar-refractivity contribution is -0.131. The maximum Gasteiger partial charge on any atom is 0.243 e. The van der Waals surface area contributed by atoms with E-state index in [-0.39, 0.29) is 28.7 Å². The van der Waals surface area contributed by atoms with Crippen molar-refractivity contribution in [1.82, 2.24) is 9.21 Å². The summed E-state index contributed by atoms with van der Waals surface area (Å²) in [5.41, 5.74) is 0.766. The van der Waals surface area contributed by atoms with Gasteiger partial charge in [-0.15, -0.1) is 0 Å². The van der Waals surface area contributed by atoms with Crippen molar-refractivity contribution in [2.24, 2.45) is 5.92 Å². The number of nitrogens with one attached hydrogen (secondary N) is 1. The number of anilines is 1. The van der Waals surface area contributed by atoms with Crippen molar-refractivity contribution in [2.75, 3.05) is 25.0 Å². The zero-order valence-corrected chi connectivity index (χ0v) is 17.8. The fraction of sp³-hybridized carbons (Fsp3) is 0.600. The smallest absolute Gasteiger partial charge is 0.243 e. The Hall–Kier alpha value is -1.93. The van der Waals surface area contributed by atoms with Crippen molar-refractivity contribution < 1.29 is 18.0 Å². The monoisotopic (exact) mass is 407 g/mol. The van der Waals surface area contributed by atoms with Crippen LogP contribution < -0.4 is 5.32 Å². The van der Waals surface area contributed by atoms with Crippen molar-refractivity contribution in [1.29, 1.82) is 0 Å². The highest BCUT2D eigenvalue weighted by Crippen LogP contribution is 2.29. The molecule has 2 heterocycles. The van der Waals surface area contributed by atoms with E-state index in [1.54, 1.807) is 24.0 Å². The van der Waals surface area contributed by atoms with Gasteiger partial charge in [-0.3, -0.25) is 9.59 Å². The molecular formula is C20H29N3O4S. The Balaban J connectivity index is 1.77. The van der Waals surface area contributed by atoms with Crippen LogP contribution >= 0.6 is 0 Å². The highest BCUT2D eigenvalue weighted by molar-refractivity contribution is 7.89. The number of hydrogen-bond acceptors (Lipinski definition) is 4. The van der Waals surface area contributed by atoms with E-state index in [2.05, 4.69) is 5.32 Å². The van der Waals surface area contributed by atoms with Gasteiger partial charge in [0.15, 0.2) is 0 Å². The molecule has 3 rings (SSSR count). The molecule has 2 aliphatic rings. The lowest BCUT2D eigenvalue weighted by Gasteiger charge is -2.31. The van der Waals surface area contributed by atoms with E-state index in [9.17, 15) is 18.0 Å². The van der Waals surface area contributed by atoms with Crippen LogP contribution in [0.5, 0.6) is 0 Å². The molecule has 28 heavy (non-hydrogen) atoms. The van der Waals surface area contributed by atoms with Crippen LogP contribution in [0.3, 0.4) is 0 Å². The molecule has 1 N–H and O–H groups in total. The molecule has 1 atom stereocenters. The number of sulfonamides is 1. The second-order valence-electron chi connectivity index (χ2n) is 8.66. The number of hydrogen-bond donors (Lipinski definition) is 1. The summed E-state index contributed by atoms with van der Waals surface area (Å²) >= 11 is 0. The minimum absolute atomic E-state index is 0.0335. The molecular weight excluding hydrogens is 378 g/mol. The molecule has 0 radical (unpaired) electrons. The van der Waals surface area contributed by atoms with Crippen molar-refractivity contribution >= 4 is 27.5 Å². The number of carbonyl (C=O) groups is 2. The Morgan fingerprint density at radius 3 is 2.39 bits per heavy atom. The zero-order valence-electron chi connectivity index (χ0n) is 17.0. The molecule has 1 aromatic carbocycles. The number of likely N-dealkylation sites (tertiary alicyclic amines) is 1. The molecule has 0 unspecified atom stereocenters. The maximum atomic E-state index is 12.9. The largest absolute Gasteiger partial charge is 0.337 e. The topological polar surface area (TPSA) is 86.8 Å². The van der Waals surface area contributed by atoms with Gasteiger partial charge in [0, 0.05) is 37.3 Å². The van der Waals surface area contributed by atoms with Gasteiger partial charge in [0.25, 0.3) is 0 Å². The van der Waals surface area contributed by atoms with Gasteiger partial charge in [0.1, 0.15) is 0 Å². The van der Waals surface area contributed by atoms with Crippen LogP contribution in [0.25, 0.3) is 0 Å². The molecule has 1 aromatic rings. The van der Waals surface area contributed by atoms with E-state index in [1.165, 1.54) is 10.4 Å². The molecule has 0 bridgehead atoms. The third kappa shape index (κ3) is 4.07. The van der Waals surface area contributed by atoms with E-state index in [0.29, 0.717) is 30.9 Å². The van der Waals surface area contributed by atoms with Crippen molar-refractivity contribution in [3.63, 3.8) is 0 Å². The van der Waals surface area contributed by atoms with Gasteiger partial charge in [-0.1, -0.05) is 6.07 Å². The molecule has 0 saturated carbocycles. The first-order valence-corrected chi connectivity index (χ1v) is 11.2. The first kappa shape index (κ1) is 20.8. The number of amides is 2. The summed E-state index contributed by atoms with van der Waals surface area (Å²) in [5.74, 6) is -0.728. The average molecular weight is 408 g/mol. The Morgan fingerprint density at radius 2 is 1.82 bits per heavy atom. The summed E-state index contributed by atoms with van der Waals surface area (Å²) in [6.45, 7) is 9.03. The summed E-state index contributed by atoms with van der Waals surface area (Å²) in [7, 11) is -3.56. The molecule has 2 fully saturated rings. The molecule has 0 spiro atoms. The summed E-state index contributed by atoms with van der Waals surface area (Å²) in [5, 5.41) is 2.81. The van der Waals surface area contributed by atoms with Crippen LogP contribution in [-0.4, -0.2) is 54.6 Å². The number of nitrogens with zero attached hydrogens (tertiary/aromatic N) is 2. The van der Waals surface area contributed by atoms with E-state index in [4.69, 9.17) is 0 Å². The van der Waals surface area contributed by atoms with Crippen LogP contribution in [0.2, 0.25) is 0 Å². The molecule has 8 heteroatoms. The van der Waals surface area contributed by atoms with Gasteiger partial charge in [0.2, 0.25) is 21.8 Å². The Morgan fingerprint density at radius 1 is 1.18 bits per heavy atom. The second kappa shape index (κ2) is 7.48. The normalized spacial score (nSPS) is 21.4. The minimum Gasteiger partial charge on any atom is -0.337 e. The lowest BCUT2D eigenvalue weighted by Crippen LogP contribution is -2.42. The predicted molar refractivity (Wildman–Crippen MR) is 107 cm³/mol. The lowest BCUT2D eigenvalue weighted by atomic mass is 10.1. The van der Waals surface area contributed by atoms with Crippen LogP contribution in [-0.2, 0) is 19.6 Å². The van der Waals surface area contributed by atoms with E-state index in [1.807, 2.05) is 20.8 Å². The molecule has 0 aromatic heterocycles. The molecule has 2 aliphatic heterocycles. The van der Waals surface area contributed by atoms with Crippen LogP contribution in [0.15, 0.2) is 23.1 Å². The number of carbonyl (C=O) groups excluding carboxylic acids is 2. The first-order chi connectivity index (χ1) is 13.0. The fourth-order valence-corrected chi connectivity index (χ4v) is 5.57. The number of rotatable bonds is 4. The second-order valence-corrected chi connectivity index (χ2v) is 10.6. The highest BCUT2D eigenvalue weighted by Gasteiger charge is 2.39. The van der Waals surface area contributed by atoms with Gasteiger partial charge in [-0.2, -0.15) is 4.31 Å². The van der Waals surface area contributed by atoms with Gasteiger partial charge < -0.3 is 10.2 Å². The van der Waals surface area contributed by atoms with Gasteiger partial charge in [-0.05, 0) is 58.2 Å². The van der Waals surface area contributed by atoms with Crippen molar-refractivity contribution in [2.45, 2.75) is 57.4 Å². The summed E-state index contributed by atoms with van der Waals surface area (Å²) in [6, 6.07) is 4.94. The Labute approximate surface area is 167 Å². The fourth-order valence-electron chi connectivity index (χ4n) is 3.80. The predicted octanol–water partition coefficient (Wildman–Crippen LogP) is 2.37. The van der Waals surface area contributed by atoms with Gasteiger partial charge in [-0.25, -0.2) is 8.42 Å².